The predicted octanol–water partition coefficient (Wildman–Crippen LogP) is 1.68. The van der Waals surface area contributed by atoms with Crippen LogP contribution in [0.3, 0.4) is 0 Å². The van der Waals surface area contributed by atoms with Crippen LogP contribution in [0, 0.1) is 0 Å². The maximum atomic E-state index is 11.8. The van der Waals surface area contributed by atoms with Gasteiger partial charge in [0.25, 0.3) is 5.91 Å². The van der Waals surface area contributed by atoms with Gasteiger partial charge in [0.2, 0.25) is 0 Å². The summed E-state index contributed by atoms with van der Waals surface area (Å²) in [5, 5.41) is 2.89. The summed E-state index contributed by atoms with van der Waals surface area (Å²) in [5.74, 6) is 0.796. The van der Waals surface area contributed by atoms with Crippen LogP contribution in [0.4, 0.5) is 0 Å². The maximum absolute atomic E-state index is 11.8. The molecule has 1 heterocycles. The van der Waals surface area contributed by atoms with Gasteiger partial charge in [-0.05, 0) is 55.4 Å². The molecular formula is C15H20N2O2. The molecule has 1 unspecified atom stereocenters. The molecule has 3 N–H and O–H groups in total. The SMILES string of the molecule is N[C@@H]1CCc2cc(OC3CCCCNC3=O)ccc21. The van der Waals surface area contributed by atoms with Gasteiger partial charge < -0.3 is 15.8 Å². The Morgan fingerprint density at radius 1 is 1.26 bits per heavy atom. The molecule has 19 heavy (non-hydrogen) atoms. The highest BCUT2D eigenvalue weighted by atomic mass is 16.5. The molecular weight excluding hydrogens is 240 g/mol. The highest BCUT2D eigenvalue weighted by Gasteiger charge is 2.24. The van der Waals surface area contributed by atoms with Crippen LogP contribution in [0.2, 0.25) is 0 Å². The number of fused-ring (bicyclic) bond motifs is 1. The summed E-state index contributed by atoms with van der Waals surface area (Å²) in [4.78, 5) is 11.8. The minimum atomic E-state index is -0.351. The zero-order valence-corrected chi connectivity index (χ0v) is 11.0. The number of carbonyl (C=O) groups is 1. The summed E-state index contributed by atoms with van der Waals surface area (Å²) < 4.78 is 5.86. The van der Waals surface area contributed by atoms with Crippen LogP contribution in [-0.4, -0.2) is 18.6 Å². The van der Waals surface area contributed by atoms with Crippen molar-refractivity contribution in [2.75, 3.05) is 6.54 Å². The Labute approximate surface area is 113 Å². The van der Waals surface area contributed by atoms with Gasteiger partial charge in [0.05, 0.1) is 0 Å². The Morgan fingerprint density at radius 3 is 3.05 bits per heavy atom. The maximum Gasteiger partial charge on any atom is 0.261 e. The van der Waals surface area contributed by atoms with E-state index in [1.165, 1.54) is 11.1 Å². The molecule has 1 amide bonds. The van der Waals surface area contributed by atoms with E-state index in [9.17, 15) is 4.79 Å². The minimum Gasteiger partial charge on any atom is -0.481 e. The topological polar surface area (TPSA) is 64.3 Å². The molecule has 0 bridgehead atoms. The standard InChI is InChI=1S/C15H20N2O2/c16-13-7-4-10-9-11(5-6-12(10)13)19-14-3-1-2-8-17-15(14)18/h5-6,9,13-14H,1-4,7-8,16H2,(H,17,18)/t13-,14?/m1/s1. The molecule has 1 aromatic rings. The Bertz CT molecular complexity index is 487. The fourth-order valence-electron chi connectivity index (χ4n) is 2.89. The lowest BCUT2D eigenvalue weighted by Gasteiger charge is -2.16. The van der Waals surface area contributed by atoms with Crippen LogP contribution in [0.1, 0.15) is 42.9 Å². The van der Waals surface area contributed by atoms with Crippen molar-refractivity contribution < 1.29 is 9.53 Å². The molecule has 0 spiro atoms. The second-order valence-electron chi connectivity index (χ2n) is 5.40. The van der Waals surface area contributed by atoms with Crippen molar-refractivity contribution in [3.63, 3.8) is 0 Å². The molecule has 1 aromatic carbocycles. The van der Waals surface area contributed by atoms with Gasteiger partial charge in [0.1, 0.15) is 5.75 Å². The lowest BCUT2D eigenvalue weighted by atomic mass is 10.1. The first kappa shape index (κ1) is 12.5. The van der Waals surface area contributed by atoms with E-state index in [1.54, 1.807) is 0 Å². The number of aryl methyl sites for hydroxylation is 1. The quantitative estimate of drug-likeness (QED) is 0.850. The van der Waals surface area contributed by atoms with Gasteiger partial charge >= 0.3 is 0 Å². The monoisotopic (exact) mass is 260 g/mol. The number of nitrogens with two attached hydrogens (primary N) is 1. The normalized spacial score (nSPS) is 26.5. The van der Waals surface area contributed by atoms with E-state index < -0.39 is 0 Å². The zero-order valence-electron chi connectivity index (χ0n) is 11.0. The van der Waals surface area contributed by atoms with Gasteiger partial charge in [-0.25, -0.2) is 0 Å². The van der Waals surface area contributed by atoms with Crippen LogP contribution in [0.25, 0.3) is 0 Å². The van der Waals surface area contributed by atoms with Crippen molar-refractivity contribution in [2.45, 2.75) is 44.2 Å². The second-order valence-corrected chi connectivity index (χ2v) is 5.40. The summed E-state index contributed by atoms with van der Waals surface area (Å²) in [6.07, 6.45) is 4.51. The fraction of sp³-hybridized carbons (Fsp3) is 0.533. The first-order valence-corrected chi connectivity index (χ1v) is 7.07. The molecule has 1 fully saturated rings. The highest BCUT2D eigenvalue weighted by Crippen LogP contribution is 2.32. The van der Waals surface area contributed by atoms with E-state index in [-0.39, 0.29) is 18.1 Å². The number of hydrogen-bond acceptors (Lipinski definition) is 3. The lowest BCUT2D eigenvalue weighted by Crippen LogP contribution is -2.36. The third kappa shape index (κ3) is 2.59. The average Bonchev–Trinajstić information content (AvgIpc) is 2.65. The molecule has 2 aliphatic rings. The average molecular weight is 260 g/mol. The number of benzene rings is 1. The molecule has 3 rings (SSSR count). The van der Waals surface area contributed by atoms with Gasteiger partial charge in [-0.2, -0.15) is 0 Å². The lowest BCUT2D eigenvalue weighted by molar-refractivity contribution is -0.127. The van der Waals surface area contributed by atoms with Crippen LogP contribution < -0.4 is 15.8 Å². The van der Waals surface area contributed by atoms with Crippen LogP contribution >= 0.6 is 0 Å². The molecule has 1 aliphatic carbocycles. The smallest absolute Gasteiger partial charge is 0.261 e. The minimum absolute atomic E-state index is 0.00898. The Morgan fingerprint density at radius 2 is 2.16 bits per heavy atom. The van der Waals surface area contributed by atoms with Gasteiger partial charge in [-0.1, -0.05) is 6.07 Å². The summed E-state index contributed by atoms with van der Waals surface area (Å²) in [7, 11) is 0. The molecule has 102 valence electrons. The number of hydrogen-bond donors (Lipinski definition) is 2. The zero-order chi connectivity index (χ0) is 13.2. The summed E-state index contributed by atoms with van der Waals surface area (Å²) >= 11 is 0. The van der Waals surface area contributed by atoms with Gasteiger partial charge in [-0.3, -0.25) is 4.79 Å². The van der Waals surface area contributed by atoms with E-state index in [1.807, 2.05) is 18.2 Å². The molecule has 2 atom stereocenters. The molecule has 0 aromatic heterocycles. The Balaban J connectivity index is 1.74. The van der Waals surface area contributed by atoms with Crippen molar-refractivity contribution in [3.05, 3.63) is 29.3 Å². The van der Waals surface area contributed by atoms with Crippen molar-refractivity contribution in [2.24, 2.45) is 5.73 Å². The van der Waals surface area contributed by atoms with E-state index in [0.717, 1.165) is 44.4 Å². The third-order valence-electron chi connectivity index (χ3n) is 4.00. The largest absolute Gasteiger partial charge is 0.481 e. The highest BCUT2D eigenvalue weighted by molar-refractivity contribution is 5.81. The van der Waals surface area contributed by atoms with Crippen molar-refractivity contribution >= 4 is 5.91 Å². The van der Waals surface area contributed by atoms with E-state index >= 15 is 0 Å². The predicted molar refractivity (Wildman–Crippen MR) is 73.0 cm³/mol. The van der Waals surface area contributed by atoms with E-state index in [2.05, 4.69) is 5.32 Å². The van der Waals surface area contributed by atoms with Crippen LogP contribution in [0.15, 0.2) is 18.2 Å². The second kappa shape index (κ2) is 5.21. The van der Waals surface area contributed by atoms with E-state index in [0.29, 0.717) is 0 Å². The van der Waals surface area contributed by atoms with Gasteiger partial charge in [0.15, 0.2) is 6.10 Å². The molecule has 1 saturated heterocycles. The molecule has 4 nitrogen and oxygen atoms in total. The number of amides is 1. The van der Waals surface area contributed by atoms with Crippen molar-refractivity contribution in [1.82, 2.24) is 5.32 Å². The number of rotatable bonds is 2. The van der Waals surface area contributed by atoms with Crippen molar-refractivity contribution in [1.29, 1.82) is 0 Å². The number of ether oxygens (including phenoxy) is 1. The fourth-order valence-corrected chi connectivity index (χ4v) is 2.89. The molecule has 1 aliphatic heterocycles. The first-order chi connectivity index (χ1) is 9.24. The molecule has 0 radical (unpaired) electrons. The Hall–Kier alpha value is -1.55. The molecule has 4 heteroatoms. The summed E-state index contributed by atoms with van der Waals surface area (Å²) in [6, 6.07) is 6.17. The number of carbonyl (C=O) groups excluding carboxylic acids is 1. The van der Waals surface area contributed by atoms with Crippen molar-refractivity contribution in [3.8, 4) is 5.75 Å². The van der Waals surface area contributed by atoms with Gasteiger partial charge in [0, 0.05) is 12.6 Å². The summed E-state index contributed by atoms with van der Waals surface area (Å²) in [6.45, 7) is 0.762. The van der Waals surface area contributed by atoms with Gasteiger partial charge in [-0.15, -0.1) is 0 Å². The van der Waals surface area contributed by atoms with Crippen LogP contribution in [-0.2, 0) is 11.2 Å². The first-order valence-electron chi connectivity index (χ1n) is 7.07. The van der Waals surface area contributed by atoms with E-state index in [4.69, 9.17) is 10.5 Å². The third-order valence-corrected chi connectivity index (χ3v) is 4.00. The number of nitrogens with one attached hydrogen (secondary N) is 1. The Kier molecular flexibility index (Phi) is 3.42. The molecule has 0 saturated carbocycles. The van der Waals surface area contributed by atoms with Crippen LogP contribution in [0.5, 0.6) is 5.75 Å². The summed E-state index contributed by atoms with van der Waals surface area (Å²) in [5.41, 5.74) is 8.50.